The van der Waals surface area contributed by atoms with Crippen LogP contribution in [-0.2, 0) is 13.2 Å². The van der Waals surface area contributed by atoms with Crippen molar-refractivity contribution >= 4 is 43.2 Å². The molecule has 0 amide bonds. The maximum atomic E-state index is 5.83. The summed E-state index contributed by atoms with van der Waals surface area (Å²) in [5.74, 6) is 0.827. The van der Waals surface area contributed by atoms with Crippen LogP contribution in [0.5, 0.6) is 5.75 Å². The monoisotopic (exact) mass is 416 g/mol. The molecule has 1 aromatic heterocycles. The summed E-state index contributed by atoms with van der Waals surface area (Å²) in [5.41, 5.74) is 4.01. The Hall–Kier alpha value is -0.430. The Balaban J connectivity index is 1.67. The van der Waals surface area contributed by atoms with E-state index >= 15 is 0 Å². The fraction of sp³-hybridized carbons (Fsp3) is 0.357. The second kappa shape index (κ2) is 6.56. The molecule has 20 heavy (non-hydrogen) atoms. The summed E-state index contributed by atoms with van der Waals surface area (Å²) in [7, 11) is 0. The summed E-state index contributed by atoms with van der Waals surface area (Å²) in [4.78, 5) is 4.22. The lowest BCUT2D eigenvalue weighted by Crippen LogP contribution is -2.15. The number of ether oxygens (including phenoxy) is 1. The number of hydrogen-bond acceptors (Lipinski definition) is 4. The summed E-state index contributed by atoms with van der Waals surface area (Å²) >= 11 is 8.75. The Morgan fingerprint density at radius 1 is 1.30 bits per heavy atom. The first-order valence-electron chi connectivity index (χ1n) is 6.43. The zero-order valence-corrected chi connectivity index (χ0v) is 14.7. The van der Waals surface area contributed by atoms with Gasteiger partial charge in [0.15, 0.2) is 0 Å². The number of aromatic nitrogens is 1. The van der Waals surface area contributed by atoms with Crippen LogP contribution in [0.1, 0.15) is 24.1 Å². The summed E-state index contributed by atoms with van der Waals surface area (Å²) in [5, 5.41) is 5.51. The van der Waals surface area contributed by atoms with Crippen LogP contribution in [0.3, 0.4) is 0 Å². The Labute approximate surface area is 139 Å². The number of benzene rings is 1. The molecule has 3 rings (SSSR count). The lowest BCUT2D eigenvalue weighted by molar-refractivity contribution is 0.298. The fourth-order valence-corrected chi connectivity index (χ4v) is 3.91. The van der Waals surface area contributed by atoms with Crippen molar-refractivity contribution in [2.45, 2.75) is 32.0 Å². The van der Waals surface area contributed by atoms with E-state index in [2.05, 4.69) is 54.3 Å². The van der Waals surface area contributed by atoms with E-state index in [1.807, 2.05) is 10.9 Å². The molecule has 1 fully saturated rings. The van der Waals surface area contributed by atoms with Gasteiger partial charge in [0.1, 0.15) is 12.4 Å². The standard InChI is InChI=1S/C14H14Br2N2OS/c15-12-3-9(5-17-10-1-2-10)4-13(16)14(12)19-6-11-7-20-8-18-11/h3-4,7-8,10,17H,1-2,5-6H2. The topological polar surface area (TPSA) is 34.1 Å². The highest BCUT2D eigenvalue weighted by atomic mass is 79.9. The fourth-order valence-electron chi connectivity index (χ4n) is 1.86. The van der Waals surface area contributed by atoms with E-state index in [1.165, 1.54) is 18.4 Å². The minimum absolute atomic E-state index is 0.486. The van der Waals surface area contributed by atoms with Gasteiger partial charge in [-0.15, -0.1) is 11.3 Å². The van der Waals surface area contributed by atoms with Crippen LogP contribution in [0, 0.1) is 0 Å². The molecule has 6 heteroatoms. The first-order valence-corrected chi connectivity index (χ1v) is 8.96. The third-order valence-electron chi connectivity index (χ3n) is 3.08. The van der Waals surface area contributed by atoms with Crippen molar-refractivity contribution < 1.29 is 4.74 Å². The van der Waals surface area contributed by atoms with Gasteiger partial charge in [-0.1, -0.05) is 0 Å². The van der Waals surface area contributed by atoms with Crippen molar-refractivity contribution in [3.63, 3.8) is 0 Å². The van der Waals surface area contributed by atoms with Crippen LogP contribution >= 0.6 is 43.2 Å². The lowest BCUT2D eigenvalue weighted by atomic mass is 10.2. The predicted molar refractivity (Wildman–Crippen MR) is 88.1 cm³/mol. The normalized spacial score (nSPS) is 14.5. The minimum atomic E-state index is 0.486. The van der Waals surface area contributed by atoms with Gasteiger partial charge in [0.25, 0.3) is 0 Å². The molecule has 1 aliphatic carbocycles. The molecule has 106 valence electrons. The van der Waals surface area contributed by atoms with Gasteiger partial charge >= 0.3 is 0 Å². The Bertz CT molecular complexity index is 562. The molecule has 1 heterocycles. The van der Waals surface area contributed by atoms with Crippen molar-refractivity contribution in [3.8, 4) is 5.75 Å². The summed E-state index contributed by atoms with van der Waals surface area (Å²) in [6.45, 7) is 1.38. The Morgan fingerprint density at radius 2 is 2.05 bits per heavy atom. The molecule has 0 saturated heterocycles. The molecule has 2 aromatic rings. The minimum Gasteiger partial charge on any atom is -0.485 e. The number of nitrogens with one attached hydrogen (secondary N) is 1. The molecule has 0 bridgehead atoms. The maximum absolute atomic E-state index is 5.83. The lowest BCUT2D eigenvalue weighted by Gasteiger charge is -2.12. The summed E-state index contributed by atoms with van der Waals surface area (Å²) in [6, 6.07) is 4.93. The zero-order chi connectivity index (χ0) is 13.9. The van der Waals surface area contributed by atoms with E-state index in [-0.39, 0.29) is 0 Å². The molecule has 3 nitrogen and oxygen atoms in total. The largest absolute Gasteiger partial charge is 0.485 e. The molecule has 1 aromatic carbocycles. The molecule has 0 unspecified atom stereocenters. The van der Waals surface area contributed by atoms with Crippen LogP contribution < -0.4 is 10.1 Å². The first kappa shape index (κ1) is 14.5. The van der Waals surface area contributed by atoms with Crippen LogP contribution in [-0.4, -0.2) is 11.0 Å². The Morgan fingerprint density at radius 3 is 2.65 bits per heavy atom. The van der Waals surface area contributed by atoms with Crippen LogP contribution in [0.2, 0.25) is 0 Å². The molecule has 1 N–H and O–H groups in total. The van der Waals surface area contributed by atoms with E-state index < -0.39 is 0 Å². The molecule has 0 radical (unpaired) electrons. The van der Waals surface area contributed by atoms with Crippen molar-refractivity contribution in [3.05, 3.63) is 43.2 Å². The maximum Gasteiger partial charge on any atom is 0.148 e. The molecular formula is C14H14Br2N2OS. The smallest absolute Gasteiger partial charge is 0.148 e. The second-order valence-electron chi connectivity index (χ2n) is 4.81. The van der Waals surface area contributed by atoms with E-state index in [4.69, 9.17) is 4.74 Å². The third kappa shape index (κ3) is 3.81. The van der Waals surface area contributed by atoms with Crippen LogP contribution in [0.15, 0.2) is 32.0 Å². The van der Waals surface area contributed by atoms with Gasteiger partial charge in [-0.25, -0.2) is 4.98 Å². The molecule has 0 spiro atoms. The average Bonchev–Trinajstić information content (AvgIpc) is 3.10. The van der Waals surface area contributed by atoms with E-state index in [0.717, 1.165) is 26.9 Å². The second-order valence-corrected chi connectivity index (χ2v) is 7.24. The van der Waals surface area contributed by atoms with Gasteiger partial charge in [-0.2, -0.15) is 0 Å². The predicted octanol–water partition coefficient (Wildman–Crippen LogP) is 4.50. The zero-order valence-electron chi connectivity index (χ0n) is 10.7. The van der Waals surface area contributed by atoms with E-state index in [9.17, 15) is 0 Å². The number of rotatable bonds is 6. The Kier molecular flexibility index (Phi) is 4.75. The molecule has 0 aliphatic heterocycles. The molecule has 0 atom stereocenters. The van der Waals surface area contributed by atoms with Crippen molar-refractivity contribution in [2.75, 3.05) is 0 Å². The highest BCUT2D eigenvalue weighted by Crippen LogP contribution is 2.35. The number of halogens is 2. The van der Waals surface area contributed by atoms with Crippen molar-refractivity contribution in [1.29, 1.82) is 0 Å². The third-order valence-corrected chi connectivity index (χ3v) is 4.89. The highest BCUT2D eigenvalue weighted by molar-refractivity contribution is 9.11. The van der Waals surface area contributed by atoms with Crippen molar-refractivity contribution in [2.24, 2.45) is 0 Å². The summed E-state index contributed by atoms with van der Waals surface area (Å²) in [6.07, 6.45) is 2.61. The van der Waals surface area contributed by atoms with Crippen LogP contribution in [0.25, 0.3) is 0 Å². The SMILES string of the molecule is Brc1cc(CNC2CC2)cc(Br)c1OCc1cscn1. The average molecular weight is 418 g/mol. The van der Waals surface area contributed by atoms with Crippen LogP contribution in [0.4, 0.5) is 0 Å². The van der Waals surface area contributed by atoms with E-state index in [0.29, 0.717) is 12.6 Å². The van der Waals surface area contributed by atoms with Crippen molar-refractivity contribution in [1.82, 2.24) is 10.3 Å². The van der Waals surface area contributed by atoms with Gasteiger partial charge < -0.3 is 10.1 Å². The quantitative estimate of drug-likeness (QED) is 0.751. The first-order chi connectivity index (χ1) is 9.72. The van der Waals surface area contributed by atoms with Gasteiger partial charge in [0.2, 0.25) is 0 Å². The van der Waals surface area contributed by atoms with E-state index in [1.54, 1.807) is 11.3 Å². The van der Waals surface area contributed by atoms with Gasteiger partial charge in [-0.05, 0) is 62.4 Å². The molecular weight excluding hydrogens is 404 g/mol. The van der Waals surface area contributed by atoms with Gasteiger partial charge in [0, 0.05) is 18.0 Å². The number of hydrogen-bond donors (Lipinski definition) is 1. The highest BCUT2D eigenvalue weighted by Gasteiger charge is 2.20. The van der Waals surface area contributed by atoms with Gasteiger partial charge in [0.05, 0.1) is 20.1 Å². The number of thiazole rings is 1. The summed E-state index contributed by atoms with van der Waals surface area (Å²) < 4.78 is 7.77. The molecule has 1 saturated carbocycles. The van der Waals surface area contributed by atoms with Gasteiger partial charge in [-0.3, -0.25) is 0 Å². The molecule has 1 aliphatic rings. The number of nitrogens with zero attached hydrogens (tertiary/aromatic N) is 1.